The van der Waals surface area contributed by atoms with Gasteiger partial charge in [0, 0.05) is 6.04 Å². The molecule has 0 aromatic carbocycles. The highest BCUT2D eigenvalue weighted by Crippen LogP contribution is 2.27. The van der Waals surface area contributed by atoms with Crippen molar-refractivity contribution in [3.8, 4) is 0 Å². The molecule has 1 aliphatic carbocycles. The average molecular weight is 307 g/mol. The zero-order valence-electron chi connectivity index (χ0n) is 12.3. The number of nitrogens with one attached hydrogen (secondary N) is 1. The van der Waals surface area contributed by atoms with Gasteiger partial charge < -0.3 is 14.9 Å². The molecule has 1 aliphatic rings. The molecule has 3 N–H and O–H groups in total. The van der Waals surface area contributed by atoms with Crippen molar-refractivity contribution in [2.75, 3.05) is 0 Å². The Morgan fingerprint density at radius 1 is 1.48 bits per heavy atom. The van der Waals surface area contributed by atoms with Crippen molar-refractivity contribution >= 4 is 5.97 Å². The molecule has 122 valence electrons. The molecule has 0 fully saturated rings. The Balaban J connectivity index is 2.62. The van der Waals surface area contributed by atoms with Gasteiger partial charge in [-0.3, -0.25) is 5.32 Å². The van der Waals surface area contributed by atoms with Gasteiger partial charge in [-0.2, -0.15) is 8.78 Å². The molecule has 3 unspecified atom stereocenters. The molecular weight excluding hydrogens is 284 g/mol. The maximum Gasteiger partial charge on any atom is 0.377 e. The quantitative estimate of drug-likeness (QED) is 0.473. The molecule has 0 aliphatic heterocycles. The van der Waals surface area contributed by atoms with E-state index in [0.29, 0.717) is 6.42 Å². The van der Waals surface area contributed by atoms with Gasteiger partial charge in [-0.15, -0.1) is 0 Å². The number of carboxylic acids is 1. The van der Waals surface area contributed by atoms with Crippen LogP contribution in [0.25, 0.3) is 0 Å². The number of hydrogen-bond acceptors (Lipinski definition) is 4. The van der Waals surface area contributed by atoms with E-state index in [0.717, 1.165) is 12.8 Å². The molecule has 0 bridgehead atoms. The lowest BCUT2D eigenvalue weighted by atomic mass is 10.0. The third-order valence-corrected chi connectivity index (χ3v) is 3.32. The monoisotopic (exact) mass is 307 g/mol. The lowest BCUT2D eigenvalue weighted by Crippen LogP contribution is -2.50. The van der Waals surface area contributed by atoms with Crippen LogP contribution in [0.3, 0.4) is 0 Å². The van der Waals surface area contributed by atoms with Crippen LogP contribution in [0, 0.1) is 5.92 Å². The van der Waals surface area contributed by atoms with Gasteiger partial charge in [0.1, 0.15) is 6.10 Å². The van der Waals surface area contributed by atoms with Crippen LogP contribution in [0.5, 0.6) is 0 Å². The summed E-state index contributed by atoms with van der Waals surface area (Å²) in [6, 6.07) is -0.0665. The van der Waals surface area contributed by atoms with Crippen molar-refractivity contribution in [2.45, 2.75) is 64.0 Å². The molecule has 0 heterocycles. The molecular formula is C14H23F2NO4. The standard InChI is InChI=1S/C14H23F2NO4/c1-9(2)8-11(14(15,16)12(18)19)21-13(20)17-10-6-4-3-5-7-10/h3-4,9-11,13,17,20H,5-8H2,1-2H3,(H,18,19). The second kappa shape index (κ2) is 7.82. The molecule has 21 heavy (non-hydrogen) atoms. The molecule has 1 rings (SSSR count). The maximum absolute atomic E-state index is 13.6. The van der Waals surface area contributed by atoms with Gasteiger partial charge in [-0.1, -0.05) is 26.0 Å². The highest BCUT2D eigenvalue weighted by atomic mass is 19.3. The predicted molar refractivity (Wildman–Crippen MR) is 72.8 cm³/mol. The zero-order valence-corrected chi connectivity index (χ0v) is 12.3. The third-order valence-electron chi connectivity index (χ3n) is 3.32. The van der Waals surface area contributed by atoms with Crippen LogP contribution in [0.15, 0.2) is 12.2 Å². The number of hydrogen-bond donors (Lipinski definition) is 3. The lowest BCUT2D eigenvalue weighted by molar-refractivity contribution is -0.233. The number of alkyl halides is 2. The van der Waals surface area contributed by atoms with Crippen molar-refractivity contribution in [3.05, 3.63) is 12.2 Å². The zero-order chi connectivity index (χ0) is 16.0. The van der Waals surface area contributed by atoms with Gasteiger partial charge in [0.05, 0.1) is 0 Å². The van der Waals surface area contributed by atoms with E-state index < -0.39 is 24.4 Å². The van der Waals surface area contributed by atoms with Crippen molar-refractivity contribution in [2.24, 2.45) is 5.92 Å². The number of rotatable bonds is 8. The number of halogens is 2. The molecule has 7 heteroatoms. The van der Waals surface area contributed by atoms with Crippen LogP contribution in [0.2, 0.25) is 0 Å². The minimum absolute atomic E-state index is 0.0665. The van der Waals surface area contributed by atoms with E-state index in [1.807, 2.05) is 12.2 Å². The summed E-state index contributed by atoms with van der Waals surface area (Å²) in [6.45, 7) is 3.36. The van der Waals surface area contributed by atoms with E-state index in [1.54, 1.807) is 13.8 Å². The fourth-order valence-corrected chi connectivity index (χ4v) is 2.20. The molecule has 0 amide bonds. The molecule has 0 saturated carbocycles. The molecule has 0 aromatic rings. The summed E-state index contributed by atoms with van der Waals surface area (Å²) in [6.07, 6.45) is 2.56. The van der Waals surface area contributed by atoms with Crippen LogP contribution < -0.4 is 5.32 Å². The summed E-state index contributed by atoms with van der Waals surface area (Å²) in [7, 11) is 0. The summed E-state index contributed by atoms with van der Waals surface area (Å²) >= 11 is 0. The number of ether oxygens (including phenoxy) is 1. The summed E-state index contributed by atoms with van der Waals surface area (Å²) in [5.74, 6) is -6.48. The summed E-state index contributed by atoms with van der Waals surface area (Å²) < 4.78 is 32.2. The Morgan fingerprint density at radius 3 is 2.62 bits per heavy atom. The highest BCUT2D eigenvalue weighted by Gasteiger charge is 2.49. The molecule has 5 nitrogen and oxygen atoms in total. The topological polar surface area (TPSA) is 78.8 Å². The number of allylic oxidation sites excluding steroid dienone is 1. The Kier molecular flexibility index (Phi) is 6.70. The summed E-state index contributed by atoms with van der Waals surface area (Å²) in [4.78, 5) is 10.7. The van der Waals surface area contributed by atoms with Crippen molar-refractivity contribution in [1.29, 1.82) is 0 Å². The second-order valence-corrected chi connectivity index (χ2v) is 5.68. The highest BCUT2D eigenvalue weighted by molar-refractivity contribution is 5.76. The first-order valence-electron chi connectivity index (χ1n) is 7.09. The predicted octanol–water partition coefficient (Wildman–Crippen LogP) is 2.11. The fourth-order valence-electron chi connectivity index (χ4n) is 2.20. The minimum Gasteiger partial charge on any atom is -0.477 e. The van der Waals surface area contributed by atoms with Crippen LogP contribution in [0.4, 0.5) is 8.78 Å². The molecule has 0 saturated heterocycles. The van der Waals surface area contributed by atoms with E-state index >= 15 is 0 Å². The number of aliphatic hydroxyl groups is 1. The number of aliphatic carboxylic acids is 1. The van der Waals surface area contributed by atoms with E-state index in [-0.39, 0.29) is 18.4 Å². The molecule has 0 aromatic heterocycles. The molecule has 3 atom stereocenters. The van der Waals surface area contributed by atoms with Crippen LogP contribution in [-0.4, -0.2) is 40.7 Å². The first-order chi connectivity index (χ1) is 9.73. The Labute approximate surface area is 123 Å². The van der Waals surface area contributed by atoms with Gasteiger partial charge in [0.15, 0.2) is 0 Å². The van der Waals surface area contributed by atoms with Crippen LogP contribution >= 0.6 is 0 Å². The average Bonchev–Trinajstić information content (AvgIpc) is 2.38. The van der Waals surface area contributed by atoms with Gasteiger partial charge in [-0.05, 0) is 31.6 Å². The number of aliphatic hydroxyl groups excluding tert-OH is 1. The fraction of sp³-hybridized carbons (Fsp3) is 0.786. The maximum atomic E-state index is 13.6. The van der Waals surface area contributed by atoms with Crippen LogP contribution in [-0.2, 0) is 9.53 Å². The largest absolute Gasteiger partial charge is 0.477 e. The third kappa shape index (κ3) is 5.68. The van der Waals surface area contributed by atoms with Gasteiger partial charge in [0.2, 0.25) is 6.41 Å². The van der Waals surface area contributed by atoms with Gasteiger partial charge in [0.25, 0.3) is 0 Å². The normalized spacial score (nSPS) is 22.3. The van der Waals surface area contributed by atoms with E-state index in [2.05, 4.69) is 5.32 Å². The van der Waals surface area contributed by atoms with E-state index in [4.69, 9.17) is 9.84 Å². The SMILES string of the molecule is CC(C)CC(OC(O)NC1CC=CCC1)C(F)(F)C(=O)O. The Morgan fingerprint density at radius 2 is 2.14 bits per heavy atom. The summed E-state index contributed by atoms with van der Waals surface area (Å²) in [5, 5.41) is 21.1. The van der Waals surface area contributed by atoms with Crippen molar-refractivity contribution < 1.29 is 28.5 Å². The van der Waals surface area contributed by atoms with Gasteiger partial charge in [-0.25, -0.2) is 4.79 Å². The summed E-state index contributed by atoms with van der Waals surface area (Å²) in [5.41, 5.74) is 0. The first kappa shape index (κ1) is 18.0. The Hall–Kier alpha value is -1.05. The second-order valence-electron chi connectivity index (χ2n) is 5.68. The van der Waals surface area contributed by atoms with Gasteiger partial charge >= 0.3 is 11.9 Å². The number of carbonyl (C=O) groups is 1. The first-order valence-corrected chi connectivity index (χ1v) is 7.09. The lowest BCUT2D eigenvalue weighted by Gasteiger charge is -2.30. The molecule has 0 radical (unpaired) electrons. The van der Waals surface area contributed by atoms with Crippen molar-refractivity contribution in [1.82, 2.24) is 5.32 Å². The van der Waals surface area contributed by atoms with E-state index in [9.17, 15) is 18.7 Å². The van der Waals surface area contributed by atoms with Crippen molar-refractivity contribution in [3.63, 3.8) is 0 Å². The number of carboxylic acid groups (broad SMARTS) is 1. The Bertz CT molecular complexity index is 374. The van der Waals surface area contributed by atoms with Crippen LogP contribution in [0.1, 0.15) is 39.5 Å². The smallest absolute Gasteiger partial charge is 0.377 e. The minimum atomic E-state index is -4.04. The van der Waals surface area contributed by atoms with E-state index in [1.165, 1.54) is 0 Å². The molecule has 0 spiro atoms.